The highest BCUT2D eigenvalue weighted by Gasteiger charge is 2.40. The molecule has 0 radical (unpaired) electrons. The second-order valence-electron chi connectivity index (χ2n) is 11.6. The lowest BCUT2D eigenvalue weighted by Crippen LogP contribution is -2.53. The number of alkyl halides is 3. The van der Waals surface area contributed by atoms with Crippen LogP contribution >= 0.6 is 0 Å². The summed E-state index contributed by atoms with van der Waals surface area (Å²) in [6.07, 6.45) is -2.21. The number of hydrogen-bond acceptors (Lipinski definition) is 3. The molecule has 5 nitrogen and oxygen atoms in total. The summed E-state index contributed by atoms with van der Waals surface area (Å²) >= 11 is 0. The number of fused-ring (bicyclic) bond motifs is 1. The molecule has 2 aromatic rings. The number of nitrogens with one attached hydrogen (secondary N) is 2. The third kappa shape index (κ3) is 6.08. The Bertz CT molecular complexity index is 1130. The topological polar surface area (TPSA) is 71.3 Å². The van der Waals surface area contributed by atoms with Gasteiger partial charge in [-0.15, -0.1) is 0 Å². The summed E-state index contributed by atoms with van der Waals surface area (Å²) in [5, 5.41) is 4.41. The first-order chi connectivity index (χ1) is 15.9. The molecule has 0 atom stereocenters. The Hall–Kier alpha value is -2.77. The Morgan fingerprint density at radius 1 is 1.00 bits per heavy atom. The predicted molar refractivity (Wildman–Crippen MR) is 129 cm³/mol. The number of hydrogen-bond donors (Lipinski definition) is 2. The Morgan fingerprint density at radius 2 is 1.57 bits per heavy atom. The molecule has 2 N–H and O–H groups in total. The number of rotatable bonds is 6. The zero-order valence-corrected chi connectivity index (χ0v) is 21.5. The fraction of sp³-hybridized carbons (Fsp3) is 0.556. The minimum atomic E-state index is -4.98. The van der Waals surface area contributed by atoms with E-state index in [1.807, 2.05) is 0 Å². The number of amides is 2. The van der Waals surface area contributed by atoms with Crippen molar-refractivity contribution >= 4 is 11.8 Å². The third-order valence-electron chi connectivity index (χ3n) is 6.96. The zero-order chi connectivity index (χ0) is 26.4. The maximum Gasteiger partial charge on any atom is 0.471 e. The second-order valence-corrected chi connectivity index (χ2v) is 11.6. The van der Waals surface area contributed by atoms with Crippen molar-refractivity contribution in [1.82, 2.24) is 10.6 Å². The molecule has 2 amide bonds. The minimum Gasteiger partial charge on any atom is -0.456 e. The van der Waals surface area contributed by atoms with Crippen molar-refractivity contribution in [2.75, 3.05) is 6.54 Å². The van der Waals surface area contributed by atoms with Gasteiger partial charge in [0.25, 0.3) is 5.91 Å². The Balaban J connectivity index is 1.73. The van der Waals surface area contributed by atoms with Crippen LogP contribution in [0.25, 0.3) is 0 Å². The van der Waals surface area contributed by atoms with Crippen molar-refractivity contribution in [3.63, 3.8) is 0 Å². The van der Waals surface area contributed by atoms with E-state index in [-0.39, 0.29) is 23.1 Å². The Kier molecular flexibility index (Phi) is 6.92. The van der Waals surface area contributed by atoms with E-state index in [4.69, 9.17) is 4.42 Å². The molecule has 192 valence electrons. The summed E-state index contributed by atoms with van der Waals surface area (Å²) < 4.78 is 43.1. The van der Waals surface area contributed by atoms with Gasteiger partial charge in [-0.25, -0.2) is 0 Å². The monoisotopic (exact) mass is 492 g/mol. The molecule has 1 aromatic carbocycles. The van der Waals surface area contributed by atoms with Crippen LogP contribution in [0.1, 0.15) is 93.0 Å². The van der Waals surface area contributed by atoms with Crippen molar-refractivity contribution in [3.8, 4) is 0 Å². The first-order valence-corrected chi connectivity index (χ1v) is 11.8. The van der Waals surface area contributed by atoms with E-state index in [0.717, 1.165) is 18.4 Å². The second kappa shape index (κ2) is 9.03. The maximum atomic E-state index is 12.6. The standard InChI is InChI=1S/C27H35F3N2O3/c1-16-12-19-20(25(4,5)11-10-24(19,2)3)14-17(16)13-18-8-9-21(35-18)22(33)32-26(6,7)15-31-23(34)27(28,29)30/h8-9,12,14H,10-11,13,15H2,1-7H3,(H,31,34)(H,32,33). The summed E-state index contributed by atoms with van der Waals surface area (Å²) in [6, 6.07) is 7.83. The normalized spacial score (nSPS) is 17.0. The van der Waals surface area contributed by atoms with Gasteiger partial charge in [0.2, 0.25) is 0 Å². The van der Waals surface area contributed by atoms with Crippen LogP contribution in [-0.2, 0) is 22.0 Å². The van der Waals surface area contributed by atoms with E-state index < -0.39 is 23.5 Å². The van der Waals surface area contributed by atoms with E-state index in [9.17, 15) is 22.8 Å². The molecule has 0 unspecified atom stereocenters. The van der Waals surface area contributed by atoms with Gasteiger partial charge in [0.1, 0.15) is 5.76 Å². The van der Waals surface area contributed by atoms with Crippen molar-refractivity contribution in [3.05, 3.63) is 58.0 Å². The average molecular weight is 493 g/mol. The van der Waals surface area contributed by atoms with Gasteiger partial charge in [0.05, 0.1) is 5.54 Å². The highest BCUT2D eigenvalue weighted by Crippen LogP contribution is 2.46. The molecule has 0 saturated heterocycles. The van der Waals surface area contributed by atoms with Crippen LogP contribution in [0.2, 0.25) is 0 Å². The quantitative estimate of drug-likeness (QED) is 0.542. The molecule has 35 heavy (non-hydrogen) atoms. The molecule has 1 aromatic heterocycles. The number of furan rings is 1. The number of halogens is 3. The molecule has 0 fully saturated rings. The van der Waals surface area contributed by atoms with E-state index in [2.05, 4.69) is 52.1 Å². The summed E-state index contributed by atoms with van der Waals surface area (Å²) in [5.74, 6) is -1.93. The zero-order valence-electron chi connectivity index (χ0n) is 21.5. The van der Waals surface area contributed by atoms with Crippen molar-refractivity contribution in [2.45, 2.75) is 90.3 Å². The van der Waals surface area contributed by atoms with Gasteiger partial charge in [-0.05, 0) is 78.8 Å². The molecule has 3 rings (SSSR count). The smallest absolute Gasteiger partial charge is 0.456 e. The van der Waals surface area contributed by atoms with Gasteiger partial charge in [0.15, 0.2) is 5.76 Å². The van der Waals surface area contributed by atoms with E-state index in [1.54, 1.807) is 17.4 Å². The van der Waals surface area contributed by atoms with Crippen LogP contribution in [0.4, 0.5) is 13.2 Å². The molecule has 1 aliphatic carbocycles. The number of carbonyl (C=O) groups excluding carboxylic acids is 2. The molecule has 8 heteroatoms. The molecule has 0 aliphatic heterocycles. The summed E-state index contributed by atoms with van der Waals surface area (Å²) in [6.45, 7) is 13.9. The van der Waals surface area contributed by atoms with Gasteiger partial charge in [-0.3, -0.25) is 9.59 Å². The van der Waals surface area contributed by atoms with Crippen molar-refractivity contribution < 1.29 is 27.2 Å². The summed E-state index contributed by atoms with van der Waals surface area (Å²) in [7, 11) is 0. The van der Waals surface area contributed by atoms with E-state index >= 15 is 0 Å². The minimum absolute atomic E-state index is 0.0623. The molecular formula is C27H35F3N2O3. The lowest BCUT2D eigenvalue weighted by atomic mass is 9.62. The Labute approximate surface area is 204 Å². The van der Waals surface area contributed by atoms with Gasteiger partial charge >= 0.3 is 12.1 Å². The molecule has 0 bridgehead atoms. The molecule has 0 saturated carbocycles. The predicted octanol–water partition coefficient (Wildman–Crippen LogP) is 5.71. The van der Waals surface area contributed by atoms with Crippen molar-refractivity contribution in [2.24, 2.45) is 0 Å². The fourth-order valence-electron chi connectivity index (χ4n) is 4.55. The average Bonchev–Trinajstić information content (AvgIpc) is 3.19. The molecular weight excluding hydrogens is 457 g/mol. The molecule has 1 heterocycles. The summed E-state index contributed by atoms with van der Waals surface area (Å²) in [5.41, 5.74) is 4.11. The fourth-order valence-corrected chi connectivity index (χ4v) is 4.55. The maximum absolute atomic E-state index is 12.6. The number of carbonyl (C=O) groups is 2. The van der Waals surface area contributed by atoms with Crippen LogP contribution in [0, 0.1) is 6.92 Å². The Morgan fingerprint density at radius 3 is 2.14 bits per heavy atom. The molecule has 0 spiro atoms. The van der Waals surface area contributed by atoms with Gasteiger partial charge in [0, 0.05) is 13.0 Å². The van der Waals surface area contributed by atoms with Crippen LogP contribution < -0.4 is 10.6 Å². The highest BCUT2D eigenvalue weighted by molar-refractivity contribution is 5.92. The lowest BCUT2D eigenvalue weighted by Gasteiger charge is -2.42. The molecule has 1 aliphatic rings. The van der Waals surface area contributed by atoms with Crippen LogP contribution in [-0.4, -0.2) is 30.1 Å². The van der Waals surface area contributed by atoms with Gasteiger partial charge < -0.3 is 15.1 Å². The first kappa shape index (κ1) is 26.8. The lowest BCUT2D eigenvalue weighted by molar-refractivity contribution is -0.173. The van der Waals surface area contributed by atoms with Crippen LogP contribution in [0.15, 0.2) is 28.7 Å². The van der Waals surface area contributed by atoms with E-state index in [1.165, 1.54) is 30.5 Å². The van der Waals surface area contributed by atoms with Crippen LogP contribution in [0.5, 0.6) is 0 Å². The number of benzene rings is 1. The SMILES string of the molecule is Cc1cc2c(cc1Cc1ccc(C(=O)NC(C)(C)CNC(=O)C(F)(F)F)o1)C(C)(C)CCC2(C)C. The summed E-state index contributed by atoms with van der Waals surface area (Å²) in [4.78, 5) is 23.7. The van der Waals surface area contributed by atoms with Gasteiger partial charge in [-0.1, -0.05) is 39.8 Å². The highest BCUT2D eigenvalue weighted by atomic mass is 19.4. The number of aryl methyl sites for hydroxylation is 1. The largest absolute Gasteiger partial charge is 0.471 e. The van der Waals surface area contributed by atoms with Crippen LogP contribution in [0.3, 0.4) is 0 Å². The van der Waals surface area contributed by atoms with E-state index in [0.29, 0.717) is 12.2 Å². The first-order valence-electron chi connectivity index (χ1n) is 11.8. The van der Waals surface area contributed by atoms with Gasteiger partial charge in [-0.2, -0.15) is 13.2 Å². The van der Waals surface area contributed by atoms with Crippen molar-refractivity contribution in [1.29, 1.82) is 0 Å². The third-order valence-corrected chi connectivity index (χ3v) is 6.96.